The van der Waals surface area contributed by atoms with Crippen molar-refractivity contribution in [3.05, 3.63) is 42.0 Å². The number of aliphatic carboxylic acids is 1. The Hall–Kier alpha value is -1.90. The molecule has 14 heavy (non-hydrogen) atoms. The van der Waals surface area contributed by atoms with E-state index in [1.807, 2.05) is 30.3 Å². The predicted molar refractivity (Wildman–Crippen MR) is 52.7 cm³/mol. The molecule has 0 unspecified atom stereocenters. The van der Waals surface area contributed by atoms with Gasteiger partial charge in [0, 0.05) is 0 Å². The van der Waals surface area contributed by atoms with Gasteiger partial charge in [-0.15, -0.1) is 0 Å². The van der Waals surface area contributed by atoms with Crippen LogP contribution in [0.15, 0.2) is 36.4 Å². The van der Waals surface area contributed by atoms with Crippen molar-refractivity contribution in [1.29, 1.82) is 0 Å². The number of allylic oxidation sites excluding steroid dienone is 1. The fourth-order valence-electron chi connectivity index (χ4n) is 1.04. The average Bonchev–Trinajstić information content (AvgIpc) is 2.19. The lowest BCUT2D eigenvalue weighted by Gasteiger charge is -1.98. The van der Waals surface area contributed by atoms with Gasteiger partial charge in [-0.3, -0.25) is 4.79 Å². The highest BCUT2D eigenvalue weighted by Gasteiger charge is 2.07. The van der Waals surface area contributed by atoms with Gasteiger partial charge in [-0.1, -0.05) is 30.3 Å². The van der Waals surface area contributed by atoms with Crippen molar-refractivity contribution < 1.29 is 14.7 Å². The quantitative estimate of drug-likeness (QED) is 0.583. The second-order valence-electron chi connectivity index (χ2n) is 2.86. The number of benzene rings is 1. The summed E-state index contributed by atoms with van der Waals surface area (Å²) < 4.78 is 0. The first kappa shape index (κ1) is 10.2. The van der Waals surface area contributed by atoms with Gasteiger partial charge in [0.05, 0.1) is 0 Å². The van der Waals surface area contributed by atoms with Gasteiger partial charge in [0.2, 0.25) is 0 Å². The lowest BCUT2D eigenvalue weighted by molar-refractivity contribution is -0.146. The summed E-state index contributed by atoms with van der Waals surface area (Å²) in [6.07, 6.45) is 1.12. The van der Waals surface area contributed by atoms with Crippen molar-refractivity contribution in [2.45, 2.75) is 6.92 Å². The molecular formula is C11H10O3. The molecule has 72 valence electrons. The smallest absolute Gasteiger partial charge is 0.376 e. The number of carboxylic acids is 1. The van der Waals surface area contributed by atoms with Gasteiger partial charge in [0.15, 0.2) is 0 Å². The van der Waals surface area contributed by atoms with Crippen LogP contribution in [0, 0.1) is 0 Å². The molecule has 0 aromatic heterocycles. The first-order valence-corrected chi connectivity index (χ1v) is 4.12. The number of carboxylic acid groups (broad SMARTS) is 1. The zero-order valence-corrected chi connectivity index (χ0v) is 7.73. The second kappa shape index (κ2) is 4.37. The fraction of sp³-hybridized carbons (Fsp3) is 0.0909. The van der Waals surface area contributed by atoms with Crippen LogP contribution in [0.4, 0.5) is 0 Å². The summed E-state index contributed by atoms with van der Waals surface area (Å²) in [6.45, 7) is 1.70. The van der Waals surface area contributed by atoms with Crippen LogP contribution in [0.3, 0.4) is 0 Å². The number of hydrogen-bond donors (Lipinski definition) is 1. The molecule has 0 spiro atoms. The lowest BCUT2D eigenvalue weighted by Crippen LogP contribution is -2.09. The van der Waals surface area contributed by atoms with E-state index in [-0.39, 0.29) is 0 Å². The maximum Gasteiger partial charge on any atom is 0.376 e. The van der Waals surface area contributed by atoms with Crippen molar-refractivity contribution in [3.8, 4) is 0 Å². The van der Waals surface area contributed by atoms with Gasteiger partial charge in [-0.05, 0) is 24.1 Å². The molecule has 1 aromatic rings. The van der Waals surface area contributed by atoms with E-state index < -0.39 is 11.8 Å². The average molecular weight is 190 g/mol. The summed E-state index contributed by atoms with van der Waals surface area (Å²) in [6, 6.07) is 9.16. The van der Waals surface area contributed by atoms with Gasteiger partial charge in [0.25, 0.3) is 5.78 Å². The third-order valence-electron chi connectivity index (χ3n) is 1.79. The number of carbonyl (C=O) groups is 2. The van der Waals surface area contributed by atoms with E-state index in [9.17, 15) is 9.59 Å². The van der Waals surface area contributed by atoms with Crippen LogP contribution in [0.2, 0.25) is 0 Å². The molecule has 0 aliphatic heterocycles. The van der Waals surface area contributed by atoms with Crippen molar-refractivity contribution >= 4 is 17.3 Å². The van der Waals surface area contributed by atoms with E-state index in [4.69, 9.17) is 5.11 Å². The first-order chi connectivity index (χ1) is 6.61. The molecule has 0 saturated carbocycles. The molecule has 0 bridgehead atoms. The summed E-state index contributed by atoms with van der Waals surface area (Å²) >= 11 is 0. The van der Waals surface area contributed by atoms with Crippen LogP contribution in [0.1, 0.15) is 12.5 Å². The van der Waals surface area contributed by atoms with Crippen LogP contribution in [0.25, 0.3) is 5.57 Å². The molecule has 0 radical (unpaired) electrons. The van der Waals surface area contributed by atoms with Crippen LogP contribution in [-0.2, 0) is 9.59 Å². The molecule has 1 rings (SSSR count). The molecule has 0 aliphatic carbocycles. The minimum atomic E-state index is -1.43. The van der Waals surface area contributed by atoms with Gasteiger partial charge < -0.3 is 5.11 Å². The molecule has 3 nitrogen and oxygen atoms in total. The van der Waals surface area contributed by atoms with Crippen molar-refractivity contribution in [2.24, 2.45) is 0 Å². The SMILES string of the molecule is C/C(=C/C(=O)C(=O)O)c1ccccc1. The second-order valence-corrected chi connectivity index (χ2v) is 2.86. The highest BCUT2D eigenvalue weighted by molar-refractivity contribution is 6.38. The van der Waals surface area contributed by atoms with Crippen molar-refractivity contribution in [1.82, 2.24) is 0 Å². The predicted octanol–water partition coefficient (Wildman–Crippen LogP) is 1.74. The number of ketones is 1. The van der Waals surface area contributed by atoms with E-state index in [1.54, 1.807) is 6.92 Å². The molecule has 0 fully saturated rings. The third-order valence-corrected chi connectivity index (χ3v) is 1.79. The van der Waals surface area contributed by atoms with Gasteiger partial charge >= 0.3 is 5.97 Å². The van der Waals surface area contributed by atoms with Gasteiger partial charge in [0.1, 0.15) is 0 Å². The van der Waals surface area contributed by atoms with Crippen LogP contribution >= 0.6 is 0 Å². The van der Waals surface area contributed by atoms with Crippen LogP contribution in [0.5, 0.6) is 0 Å². The highest BCUT2D eigenvalue weighted by Crippen LogP contribution is 2.12. The van der Waals surface area contributed by atoms with Gasteiger partial charge in [-0.25, -0.2) is 4.79 Å². The normalized spacial score (nSPS) is 11.1. The first-order valence-electron chi connectivity index (χ1n) is 4.12. The van der Waals surface area contributed by atoms with Crippen molar-refractivity contribution in [3.63, 3.8) is 0 Å². The van der Waals surface area contributed by atoms with E-state index in [0.717, 1.165) is 11.6 Å². The van der Waals surface area contributed by atoms with E-state index in [1.165, 1.54) is 0 Å². The number of rotatable bonds is 3. The maximum atomic E-state index is 10.9. The monoisotopic (exact) mass is 190 g/mol. The minimum absolute atomic E-state index is 0.651. The molecule has 0 atom stereocenters. The summed E-state index contributed by atoms with van der Waals surface area (Å²) in [5, 5.41) is 8.38. The Balaban J connectivity index is 2.91. The maximum absolute atomic E-state index is 10.9. The highest BCUT2D eigenvalue weighted by atomic mass is 16.4. The fourth-order valence-corrected chi connectivity index (χ4v) is 1.04. The molecule has 0 saturated heterocycles. The number of hydrogen-bond acceptors (Lipinski definition) is 2. The molecule has 3 heteroatoms. The van der Waals surface area contributed by atoms with E-state index in [0.29, 0.717) is 5.57 Å². The minimum Gasteiger partial charge on any atom is -0.475 e. The van der Waals surface area contributed by atoms with E-state index in [2.05, 4.69) is 0 Å². The summed E-state index contributed by atoms with van der Waals surface area (Å²) in [4.78, 5) is 21.1. The van der Waals surface area contributed by atoms with E-state index >= 15 is 0 Å². The molecule has 1 aromatic carbocycles. The zero-order valence-electron chi connectivity index (χ0n) is 7.73. The summed E-state index contributed by atoms with van der Waals surface area (Å²) in [7, 11) is 0. The molecular weight excluding hydrogens is 180 g/mol. The standard InChI is InChI=1S/C11H10O3/c1-8(7-10(12)11(13)14)9-5-3-2-4-6-9/h2-7H,1H3,(H,13,14)/b8-7-. The Morgan fingerprint density at radius 3 is 2.29 bits per heavy atom. The van der Waals surface area contributed by atoms with Gasteiger partial charge in [-0.2, -0.15) is 0 Å². The van der Waals surface area contributed by atoms with Crippen LogP contribution < -0.4 is 0 Å². The number of carbonyl (C=O) groups excluding carboxylic acids is 1. The largest absolute Gasteiger partial charge is 0.475 e. The summed E-state index contributed by atoms with van der Waals surface area (Å²) in [5.41, 5.74) is 1.50. The topological polar surface area (TPSA) is 54.4 Å². The lowest BCUT2D eigenvalue weighted by atomic mass is 10.1. The molecule has 0 aliphatic rings. The molecule has 0 heterocycles. The van der Waals surface area contributed by atoms with Crippen LogP contribution in [-0.4, -0.2) is 16.9 Å². The Morgan fingerprint density at radius 2 is 1.79 bits per heavy atom. The third kappa shape index (κ3) is 2.55. The zero-order chi connectivity index (χ0) is 10.6. The molecule has 1 N–H and O–H groups in total. The Morgan fingerprint density at radius 1 is 1.21 bits per heavy atom. The van der Waals surface area contributed by atoms with Crippen molar-refractivity contribution in [2.75, 3.05) is 0 Å². The molecule has 0 amide bonds. The Bertz CT molecular complexity index is 377. The Labute approximate surface area is 81.7 Å². The summed E-state index contributed by atoms with van der Waals surface area (Å²) in [5.74, 6) is -2.33. The Kier molecular flexibility index (Phi) is 3.18.